The number of benzene rings is 2. The molecule has 0 spiro atoms. The van der Waals surface area contributed by atoms with E-state index in [9.17, 15) is 9.00 Å². The third kappa shape index (κ3) is 5.99. The standard InChI is InChI=1S/C19H24N2O3S/c1-3-14-25(23)21-18-7-5-4-6-17(18)19(22)20-16-10-8-15(9-11-16)12-13-24-2/h4-11,21H,3,12-14H2,1-2H3,(H,20,22). The van der Waals surface area contributed by atoms with Crippen molar-refractivity contribution < 1.29 is 13.7 Å². The summed E-state index contributed by atoms with van der Waals surface area (Å²) in [4.78, 5) is 12.6. The van der Waals surface area contributed by atoms with Crippen molar-refractivity contribution in [1.29, 1.82) is 0 Å². The minimum absolute atomic E-state index is 0.235. The Labute approximate surface area is 151 Å². The highest BCUT2D eigenvalue weighted by atomic mass is 32.2. The summed E-state index contributed by atoms with van der Waals surface area (Å²) in [6.07, 6.45) is 1.64. The number of anilines is 2. The van der Waals surface area contributed by atoms with Gasteiger partial charge in [0, 0.05) is 18.6 Å². The molecule has 2 aromatic carbocycles. The molecule has 134 valence electrons. The highest BCUT2D eigenvalue weighted by Gasteiger charge is 2.12. The Morgan fingerprint density at radius 1 is 1.12 bits per heavy atom. The van der Waals surface area contributed by atoms with E-state index in [1.54, 1.807) is 25.3 Å². The van der Waals surface area contributed by atoms with E-state index in [-0.39, 0.29) is 5.91 Å². The molecule has 0 bridgehead atoms. The van der Waals surface area contributed by atoms with Crippen LogP contribution in [0.3, 0.4) is 0 Å². The first-order chi connectivity index (χ1) is 12.1. The number of carbonyl (C=O) groups is 1. The number of hydrogen-bond acceptors (Lipinski definition) is 3. The van der Waals surface area contributed by atoms with Crippen molar-refractivity contribution >= 4 is 28.3 Å². The van der Waals surface area contributed by atoms with E-state index in [4.69, 9.17) is 4.74 Å². The summed E-state index contributed by atoms with van der Waals surface area (Å²) < 4.78 is 19.9. The number of rotatable bonds is 9. The number of ether oxygens (including phenoxy) is 1. The van der Waals surface area contributed by atoms with E-state index < -0.39 is 11.0 Å². The highest BCUT2D eigenvalue weighted by molar-refractivity contribution is 7.86. The average Bonchev–Trinajstić information content (AvgIpc) is 2.61. The molecule has 5 nitrogen and oxygen atoms in total. The fourth-order valence-corrected chi connectivity index (χ4v) is 3.20. The van der Waals surface area contributed by atoms with Crippen LogP contribution in [0, 0.1) is 0 Å². The summed E-state index contributed by atoms with van der Waals surface area (Å²) in [6.45, 7) is 2.63. The molecule has 0 saturated heterocycles. The maximum Gasteiger partial charge on any atom is 0.257 e. The van der Waals surface area contributed by atoms with Gasteiger partial charge in [0.05, 0.1) is 17.9 Å². The van der Waals surface area contributed by atoms with E-state index in [2.05, 4.69) is 10.0 Å². The number of para-hydroxylation sites is 1. The molecule has 0 aliphatic carbocycles. The van der Waals surface area contributed by atoms with Crippen LogP contribution < -0.4 is 10.0 Å². The van der Waals surface area contributed by atoms with Crippen LogP contribution in [-0.4, -0.2) is 29.6 Å². The van der Waals surface area contributed by atoms with Crippen molar-refractivity contribution in [3.05, 3.63) is 59.7 Å². The van der Waals surface area contributed by atoms with Gasteiger partial charge in [-0.15, -0.1) is 0 Å². The molecule has 1 unspecified atom stereocenters. The van der Waals surface area contributed by atoms with Crippen LogP contribution in [0.4, 0.5) is 11.4 Å². The zero-order valence-electron chi connectivity index (χ0n) is 14.6. The lowest BCUT2D eigenvalue weighted by Crippen LogP contribution is -2.16. The lowest BCUT2D eigenvalue weighted by atomic mass is 10.1. The van der Waals surface area contributed by atoms with Gasteiger partial charge < -0.3 is 14.8 Å². The fraction of sp³-hybridized carbons (Fsp3) is 0.316. The number of hydrogen-bond donors (Lipinski definition) is 2. The Morgan fingerprint density at radius 2 is 1.84 bits per heavy atom. The molecule has 0 radical (unpaired) electrons. The van der Waals surface area contributed by atoms with Crippen LogP contribution in [0.15, 0.2) is 48.5 Å². The molecule has 0 aliphatic rings. The van der Waals surface area contributed by atoms with Gasteiger partial charge in [0.1, 0.15) is 11.0 Å². The third-order valence-corrected chi connectivity index (χ3v) is 4.82. The van der Waals surface area contributed by atoms with Gasteiger partial charge in [0.25, 0.3) is 5.91 Å². The van der Waals surface area contributed by atoms with Crippen LogP contribution in [-0.2, 0) is 22.1 Å². The zero-order chi connectivity index (χ0) is 18.1. The van der Waals surface area contributed by atoms with Gasteiger partial charge in [0.15, 0.2) is 0 Å². The predicted molar refractivity (Wildman–Crippen MR) is 103 cm³/mol. The number of amides is 1. The Balaban J connectivity index is 2.06. The van der Waals surface area contributed by atoms with Crippen molar-refractivity contribution in [3.8, 4) is 0 Å². The molecule has 2 rings (SSSR count). The Kier molecular flexibility index (Phi) is 7.63. The number of methoxy groups -OCH3 is 1. The van der Waals surface area contributed by atoms with Gasteiger partial charge in [-0.05, 0) is 42.7 Å². The monoisotopic (exact) mass is 360 g/mol. The first-order valence-corrected chi connectivity index (χ1v) is 9.59. The number of carbonyl (C=O) groups excluding carboxylic acids is 1. The van der Waals surface area contributed by atoms with Crippen molar-refractivity contribution in [2.75, 3.05) is 29.5 Å². The molecule has 0 aromatic heterocycles. The molecular formula is C19H24N2O3S. The van der Waals surface area contributed by atoms with Crippen LogP contribution in [0.1, 0.15) is 29.3 Å². The van der Waals surface area contributed by atoms with Crippen LogP contribution in [0.5, 0.6) is 0 Å². The maximum atomic E-state index is 12.6. The second kappa shape index (κ2) is 9.96. The third-order valence-electron chi connectivity index (χ3n) is 3.59. The second-order valence-corrected chi connectivity index (χ2v) is 6.89. The summed E-state index contributed by atoms with van der Waals surface area (Å²) in [5, 5.41) is 2.88. The molecule has 1 amide bonds. The summed E-state index contributed by atoms with van der Waals surface area (Å²) in [5.41, 5.74) is 2.91. The van der Waals surface area contributed by atoms with Crippen molar-refractivity contribution in [3.63, 3.8) is 0 Å². The van der Waals surface area contributed by atoms with Gasteiger partial charge in [-0.25, -0.2) is 4.21 Å². The fourth-order valence-electron chi connectivity index (χ4n) is 2.30. The molecule has 0 heterocycles. The average molecular weight is 360 g/mol. The zero-order valence-corrected chi connectivity index (χ0v) is 15.4. The van der Waals surface area contributed by atoms with Gasteiger partial charge in [-0.1, -0.05) is 31.2 Å². The summed E-state index contributed by atoms with van der Waals surface area (Å²) >= 11 is 0. The van der Waals surface area contributed by atoms with Crippen molar-refractivity contribution in [2.45, 2.75) is 19.8 Å². The summed E-state index contributed by atoms with van der Waals surface area (Å²) in [7, 11) is 0.482. The van der Waals surface area contributed by atoms with Gasteiger partial charge in [-0.2, -0.15) is 0 Å². The second-order valence-electron chi connectivity index (χ2n) is 5.59. The predicted octanol–water partition coefficient (Wildman–Crippen LogP) is 3.61. The molecule has 0 fully saturated rings. The smallest absolute Gasteiger partial charge is 0.257 e. The largest absolute Gasteiger partial charge is 0.384 e. The van der Waals surface area contributed by atoms with Crippen molar-refractivity contribution in [1.82, 2.24) is 0 Å². The van der Waals surface area contributed by atoms with Gasteiger partial charge in [0.2, 0.25) is 0 Å². The van der Waals surface area contributed by atoms with E-state index in [1.165, 1.54) is 0 Å². The van der Waals surface area contributed by atoms with Gasteiger partial charge >= 0.3 is 0 Å². The maximum absolute atomic E-state index is 12.6. The van der Waals surface area contributed by atoms with Gasteiger partial charge in [-0.3, -0.25) is 4.79 Å². The van der Waals surface area contributed by atoms with Crippen LogP contribution in [0.2, 0.25) is 0 Å². The topological polar surface area (TPSA) is 67.4 Å². The van der Waals surface area contributed by atoms with Crippen LogP contribution >= 0.6 is 0 Å². The highest BCUT2D eigenvalue weighted by Crippen LogP contribution is 2.18. The molecule has 6 heteroatoms. The minimum Gasteiger partial charge on any atom is -0.384 e. The van der Waals surface area contributed by atoms with E-state index in [0.717, 1.165) is 24.1 Å². The Bertz CT molecular complexity index is 717. The molecule has 2 N–H and O–H groups in total. The normalized spacial score (nSPS) is 11.8. The Hall–Kier alpha value is -2.18. The summed E-state index contributed by atoms with van der Waals surface area (Å²) in [5.74, 6) is 0.306. The van der Waals surface area contributed by atoms with Crippen molar-refractivity contribution in [2.24, 2.45) is 0 Å². The Morgan fingerprint density at radius 3 is 2.52 bits per heavy atom. The molecule has 25 heavy (non-hydrogen) atoms. The lowest BCUT2D eigenvalue weighted by molar-refractivity contribution is 0.102. The molecule has 2 aromatic rings. The molecular weight excluding hydrogens is 336 g/mol. The SMILES string of the molecule is CCCS(=O)Nc1ccccc1C(=O)Nc1ccc(CCOC)cc1. The molecule has 1 atom stereocenters. The first kappa shape index (κ1) is 19.1. The lowest BCUT2D eigenvalue weighted by Gasteiger charge is -2.12. The van der Waals surface area contributed by atoms with E-state index in [0.29, 0.717) is 23.6 Å². The molecule has 0 aliphatic heterocycles. The van der Waals surface area contributed by atoms with E-state index in [1.807, 2.05) is 37.3 Å². The minimum atomic E-state index is -1.19. The number of nitrogens with one attached hydrogen (secondary N) is 2. The quantitative estimate of drug-likeness (QED) is 0.718. The first-order valence-electron chi connectivity index (χ1n) is 8.27. The summed E-state index contributed by atoms with van der Waals surface area (Å²) in [6, 6.07) is 14.8. The van der Waals surface area contributed by atoms with Crippen LogP contribution in [0.25, 0.3) is 0 Å². The van der Waals surface area contributed by atoms with E-state index >= 15 is 0 Å². The molecule has 0 saturated carbocycles.